The fourth-order valence-electron chi connectivity index (χ4n) is 2.28. The summed E-state index contributed by atoms with van der Waals surface area (Å²) >= 11 is 0. The topological polar surface area (TPSA) is 40.6 Å². The number of carbonyl (C=O) groups excluding carboxylic acids is 2. The number of nitrogens with zero attached hydrogens (tertiary/aromatic N) is 2. The summed E-state index contributed by atoms with van der Waals surface area (Å²) in [6, 6.07) is 18.7. The van der Waals surface area contributed by atoms with E-state index >= 15 is 0 Å². The molecule has 104 valence electrons. The Kier molecular flexibility index (Phi) is 3.28. The van der Waals surface area contributed by atoms with Crippen molar-refractivity contribution in [3.05, 3.63) is 72.3 Å². The largest absolute Gasteiger partial charge is 0.276 e. The molecule has 0 atom stereocenters. The smallest absolute Gasteiger partial charge is 0.267 e. The van der Waals surface area contributed by atoms with E-state index in [-0.39, 0.29) is 11.8 Å². The Morgan fingerprint density at radius 1 is 0.810 bits per heavy atom. The lowest BCUT2D eigenvalue weighted by Gasteiger charge is -2.32. The Hall–Kier alpha value is -2.88. The second kappa shape index (κ2) is 5.25. The number of para-hydroxylation sites is 2. The molecule has 2 aromatic carbocycles. The molecule has 3 rings (SSSR count). The Bertz CT molecular complexity index is 669. The maximum atomic E-state index is 12.3. The van der Waals surface area contributed by atoms with Crippen LogP contribution in [-0.4, -0.2) is 16.8 Å². The molecule has 0 spiro atoms. The summed E-state index contributed by atoms with van der Waals surface area (Å²) in [5.74, 6) is -0.627. The number of imide groups is 1. The van der Waals surface area contributed by atoms with Crippen LogP contribution in [0.5, 0.6) is 0 Å². The van der Waals surface area contributed by atoms with Gasteiger partial charge in [0.15, 0.2) is 0 Å². The minimum absolute atomic E-state index is 0.298. The molecule has 0 bridgehead atoms. The van der Waals surface area contributed by atoms with Gasteiger partial charge < -0.3 is 0 Å². The highest BCUT2D eigenvalue weighted by atomic mass is 16.2. The lowest BCUT2D eigenvalue weighted by Crippen LogP contribution is -2.44. The van der Waals surface area contributed by atoms with Crippen molar-refractivity contribution in [1.82, 2.24) is 5.01 Å². The SMILES string of the molecule is CC1=CC(=O)N(N(c2ccccc2)c2ccccc2)C1=O. The van der Waals surface area contributed by atoms with Gasteiger partial charge in [-0.05, 0) is 31.2 Å². The minimum atomic E-state index is -0.329. The van der Waals surface area contributed by atoms with E-state index in [1.807, 2.05) is 60.7 Å². The number of benzene rings is 2. The molecule has 0 radical (unpaired) electrons. The van der Waals surface area contributed by atoms with E-state index in [9.17, 15) is 9.59 Å². The third-order valence-electron chi connectivity index (χ3n) is 3.28. The van der Waals surface area contributed by atoms with Crippen LogP contribution in [0.15, 0.2) is 72.3 Å². The Morgan fingerprint density at radius 2 is 1.29 bits per heavy atom. The molecule has 4 heteroatoms. The van der Waals surface area contributed by atoms with Crippen LogP contribution in [0.2, 0.25) is 0 Å². The van der Waals surface area contributed by atoms with Gasteiger partial charge in [-0.15, -0.1) is 0 Å². The highest BCUT2D eigenvalue weighted by Crippen LogP contribution is 2.30. The van der Waals surface area contributed by atoms with Crippen molar-refractivity contribution in [2.75, 3.05) is 5.01 Å². The van der Waals surface area contributed by atoms with E-state index in [1.165, 1.54) is 11.1 Å². The van der Waals surface area contributed by atoms with E-state index < -0.39 is 0 Å². The van der Waals surface area contributed by atoms with Gasteiger partial charge in [-0.2, -0.15) is 5.01 Å². The number of hydrazine groups is 1. The van der Waals surface area contributed by atoms with Crippen molar-refractivity contribution >= 4 is 23.2 Å². The predicted octanol–water partition coefficient (Wildman–Crippen LogP) is 3.05. The zero-order valence-electron chi connectivity index (χ0n) is 11.6. The molecule has 2 amide bonds. The van der Waals surface area contributed by atoms with Gasteiger partial charge in [0, 0.05) is 11.6 Å². The van der Waals surface area contributed by atoms with Crippen LogP contribution in [0.4, 0.5) is 11.4 Å². The second-order valence-corrected chi connectivity index (χ2v) is 4.77. The minimum Gasteiger partial charge on any atom is -0.267 e. The zero-order valence-corrected chi connectivity index (χ0v) is 11.6. The summed E-state index contributed by atoms with van der Waals surface area (Å²) in [4.78, 5) is 24.5. The van der Waals surface area contributed by atoms with Crippen molar-refractivity contribution in [3.8, 4) is 0 Å². The van der Waals surface area contributed by atoms with Crippen LogP contribution in [-0.2, 0) is 9.59 Å². The molecule has 0 aliphatic carbocycles. The number of carbonyl (C=O) groups is 2. The van der Waals surface area contributed by atoms with Gasteiger partial charge in [-0.1, -0.05) is 36.4 Å². The van der Waals surface area contributed by atoms with Gasteiger partial charge in [-0.3, -0.25) is 9.59 Å². The molecule has 1 heterocycles. The highest BCUT2D eigenvalue weighted by Gasteiger charge is 2.34. The number of hydrogen-bond acceptors (Lipinski definition) is 3. The molecule has 1 aliphatic rings. The fourth-order valence-corrected chi connectivity index (χ4v) is 2.28. The molecule has 0 N–H and O–H groups in total. The third kappa shape index (κ3) is 2.31. The lowest BCUT2D eigenvalue weighted by molar-refractivity contribution is -0.137. The summed E-state index contributed by atoms with van der Waals surface area (Å²) in [7, 11) is 0. The predicted molar refractivity (Wildman–Crippen MR) is 80.6 cm³/mol. The van der Waals surface area contributed by atoms with Crippen LogP contribution in [0.1, 0.15) is 6.92 Å². The Balaban J connectivity index is 2.10. The third-order valence-corrected chi connectivity index (χ3v) is 3.28. The van der Waals surface area contributed by atoms with Gasteiger partial charge in [0.25, 0.3) is 11.8 Å². The molecule has 2 aromatic rings. The van der Waals surface area contributed by atoms with Crippen LogP contribution in [0.3, 0.4) is 0 Å². The maximum Gasteiger partial charge on any atom is 0.276 e. The van der Waals surface area contributed by atoms with Gasteiger partial charge in [0.05, 0.1) is 11.4 Å². The van der Waals surface area contributed by atoms with Crippen molar-refractivity contribution < 1.29 is 9.59 Å². The van der Waals surface area contributed by atoms with E-state index in [0.717, 1.165) is 11.4 Å². The zero-order chi connectivity index (χ0) is 14.8. The first kappa shape index (κ1) is 13.1. The normalized spacial score (nSPS) is 14.3. The van der Waals surface area contributed by atoms with Crippen LogP contribution in [0, 0.1) is 0 Å². The van der Waals surface area contributed by atoms with E-state index in [4.69, 9.17) is 0 Å². The van der Waals surface area contributed by atoms with E-state index in [1.54, 1.807) is 11.9 Å². The first-order valence-electron chi connectivity index (χ1n) is 6.65. The second-order valence-electron chi connectivity index (χ2n) is 4.77. The molecule has 0 unspecified atom stereocenters. The molecule has 0 aromatic heterocycles. The summed E-state index contributed by atoms with van der Waals surface area (Å²) in [6.45, 7) is 1.65. The van der Waals surface area contributed by atoms with E-state index in [2.05, 4.69) is 0 Å². The van der Waals surface area contributed by atoms with Gasteiger partial charge in [0.2, 0.25) is 0 Å². The maximum absolute atomic E-state index is 12.3. The molecule has 1 aliphatic heterocycles. The molecule has 0 saturated carbocycles. The lowest BCUT2D eigenvalue weighted by atomic mass is 10.2. The molecule has 0 saturated heterocycles. The number of rotatable bonds is 3. The molecular weight excluding hydrogens is 264 g/mol. The number of amides is 2. The average molecular weight is 278 g/mol. The van der Waals surface area contributed by atoms with Gasteiger partial charge >= 0.3 is 0 Å². The standard InChI is InChI=1S/C17H14N2O2/c1-13-12-16(20)19(17(13)21)18(14-8-4-2-5-9-14)15-10-6-3-7-11-15/h2-12H,1H3. The summed E-state index contributed by atoms with van der Waals surface area (Å²) in [6.07, 6.45) is 1.36. The van der Waals surface area contributed by atoms with Crippen LogP contribution >= 0.6 is 0 Å². The molecule has 21 heavy (non-hydrogen) atoms. The first-order chi connectivity index (χ1) is 10.2. The quantitative estimate of drug-likeness (QED) is 0.810. The molecule has 4 nitrogen and oxygen atoms in total. The summed E-state index contributed by atoms with van der Waals surface area (Å²) in [5.41, 5.74) is 1.96. The number of hydrogen-bond donors (Lipinski definition) is 0. The van der Waals surface area contributed by atoms with Gasteiger partial charge in [0.1, 0.15) is 0 Å². The van der Waals surface area contributed by atoms with E-state index in [0.29, 0.717) is 5.57 Å². The van der Waals surface area contributed by atoms with Crippen LogP contribution < -0.4 is 5.01 Å². The number of anilines is 2. The van der Waals surface area contributed by atoms with Crippen LogP contribution in [0.25, 0.3) is 0 Å². The Morgan fingerprint density at radius 3 is 1.67 bits per heavy atom. The summed E-state index contributed by atoms with van der Waals surface area (Å²) in [5, 5.41) is 2.80. The Labute approximate surface area is 122 Å². The first-order valence-corrected chi connectivity index (χ1v) is 6.65. The molecule has 0 fully saturated rings. The van der Waals surface area contributed by atoms with Gasteiger partial charge in [-0.25, -0.2) is 5.01 Å². The average Bonchev–Trinajstić information content (AvgIpc) is 2.76. The molecular formula is C17H14N2O2. The van der Waals surface area contributed by atoms with Crippen molar-refractivity contribution in [3.63, 3.8) is 0 Å². The van der Waals surface area contributed by atoms with Crippen molar-refractivity contribution in [1.29, 1.82) is 0 Å². The fraction of sp³-hybridized carbons (Fsp3) is 0.0588. The monoisotopic (exact) mass is 278 g/mol. The van der Waals surface area contributed by atoms with Crippen molar-refractivity contribution in [2.45, 2.75) is 6.92 Å². The summed E-state index contributed by atoms with van der Waals surface area (Å²) < 4.78 is 0. The van der Waals surface area contributed by atoms with Crippen molar-refractivity contribution in [2.24, 2.45) is 0 Å². The highest BCUT2D eigenvalue weighted by molar-refractivity contribution is 6.17.